The van der Waals surface area contributed by atoms with Gasteiger partial charge in [0.15, 0.2) is 5.78 Å². The second-order valence-electron chi connectivity index (χ2n) is 4.85. The van der Waals surface area contributed by atoms with Crippen LogP contribution < -0.4 is 0 Å². The molecule has 0 atom stereocenters. The van der Waals surface area contributed by atoms with E-state index in [9.17, 15) is 44.8 Å². The molecule has 2 aromatic carbocycles. The first-order chi connectivity index (χ1) is 12.2. The van der Waals surface area contributed by atoms with Crippen molar-refractivity contribution in [2.45, 2.75) is 0 Å². The van der Waals surface area contributed by atoms with Crippen molar-refractivity contribution in [2.24, 2.45) is 0 Å². The quantitative estimate of drug-likeness (QED) is 0.443. The first kappa shape index (κ1) is 18.2. The fourth-order valence-corrected chi connectivity index (χ4v) is 2.36. The van der Waals surface area contributed by atoms with E-state index in [1.165, 1.54) is 0 Å². The normalized spacial score (nSPS) is 10.2. The summed E-state index contributed by atoms with van der Waals surface area (Å²) in [5, 5.41) is 40.5. The monoisotopic (exact) mass is 360 g/mol. The van der Waals surface area contributed by atoms with Crippen LogP contribution in [-0.2, 0) is 0 Å². The summed E-state index contributed by atoms with van der Waals surface area (Å²) in [5.74, 6) is -4.75. The van der Waals surface area contributed by atoms with Crippen LogP contribution in [0, 0.1) is 20.2 Å². The first-order valence-electron chi connectivity index (χ1n) is 6.73. The fraction of sp³-hybridized carbons (Fsp3) is 0. The van der Waals surface area contributed by atoms with E-state index in [0.29, 0.717) is 0 Å². The molecular formula is C15H8N2O9. The van der Waals surface area contributed by atoms with Crippen molar-refractivity contribution in [1.29, 1.82) is 0 Å². The van der Waals surface area contributed by atoms with Gasteiger partial charge in [0.1, 0.15) is 11.1 Å². The largest absolute Gasteiger partial charge is 0.477 e. The molecule has 0 aliphatic carbocycles. The predicted octanol–water partition coefficient (Wildman–Crippen LogP) is 2.13. The lowest BCUT2D eigenvalue weighted by atomic mass is 9.93. The Balaban J connectivity index is 2.80. The Morgan fingerprint density at radius 1 is 0.731 bits per heavy atom. The molecule has 0 saturated heterocycles. The number of hydrogen-bond donors (Lipinski definition) is 2. The summed E-state index contributed by atoms with van der Waals surface area (Å²) in [5.41, 5.74) is -4.93. The lowest BCUT2D eigenvalue weighted by Crippen LogP contribution is -2.16. The van der Waals surface area contributed by atoms with Gasteiger partial charge >= 0.3 is 11.9 Å². The topological polar surface area (TPSA) is 178 Å². The summed E-state index contributed by atoms with van der Waals surface area (Å²) in [6.45, 7) is 0. The molecule has 0 unspecified atom stereocenters. The number of ketones is 1. The molecular weight excluding hydrogens is 352 g/mol. The molecule has 0 fully saturated rings. The maximum absolute atomic E-state index is 12.7. The molecule has 0 saturated carbocycles. The van der Waals surface area contributed by atoms with Crippen LogP contribution in [0.1, 0.15) is 36.6 Å². The molecule has 132 valence electrons. The van der Waals surface area contributed by atoms with Gasteiger partial charge in [-0.2, -0.15) is 0 Å². The molecule has 11 heteroatoms. The number of hydrogen-bond acceptors (Lipinski definition) is 7. The Kier molecular flexibility index (Phi) is 4.73. The highest BCUT2D eigenvalue weighted by molar-refractivity contribution is 6.19. The molecule has 0 aliphatic rings. The van der Waals surface area contributed by atoms with Crippen LogP contribution in [0.5, 0.6) is 0 Å². The van der Waals surface area contributed by atoms with Gasteiger partial charge in [-0.3, -0.25) is 25.0 Å². The third kappa shape index (κ3) is 3.08. The van der Waals surface area contributed by atoms with E-state index < -0.39 is 61.2 Å². The van der Waals surface area contributed by atoms with Crippen LogP contribution in [0.2, 0.25) is 0 Å². The van der Waals surface area contributed by atoms with E-state index >= 15 is 0 Å². The summed E-state index contributed by atoms with van der Waals surface area (Å²) in [6.07, 6.45) is 0. The van der Waals surface area contributed by atoms with Crippen molar-refractivity contribution < 1.29 is 34.4 Å². The fourth-order valence-electron chi connectivity index (χ4n) is 2.36. The van der Waals surface area contributed by atoms with Gasteiger partial charge in [0, 0.05) is 23.3 Å². The van der Waals surface area contributed by atoms with Crippen molar-refractivity contribution in [1.82, 2.24) is 0 Å². The second-order valence-corrected chi connectivity index (χ2v) is 4.85. The van der Waals surface area contributed by atoms with Crippen molar-refractivity contribution in [2.75, 3.05) is 0 Å². The highest BCUT2D eigenvalue weighted by Gasteiger charge is 2.32. The average molecular weight is 360 g/mol. The zero-order chi connectivity index (χ0) is 19.6. The lowest BCUT2D eigenvalue weighted by molar-refractivity contribution is -0.385. The minimum atomic E-state index is -1.78. The van der Waals surface area contributed by atoms with Gasteiger partial charge in [-0.15, -0.1) is 0 Å². The van der Waals surface area contributed by atoms with E-state index in [1.54, 1.807) is 0 Å². The molecule has 0 aliphatic heterocycles. The van der Waals surface area contributed by atoms with Crippen molar-refractivity contribution in [3.8, 4) is 0 Å². The average Bonchev–Trinajstić information content (AvgIpc) is 2.59. The van der Waals surface area contributed by atoms with Gasteiger partial charge in [-0.25, -0.2) is 9.59 Å². The third-order valence-electron chi connectivity index (χ3n) is 3.40. The van der Waals surface area contributed by atoms with Gasteiger partial charge in [-0.1, -0.05) is 12.1 Å². The standard InChI is InChI=1S/C15H8N2O9/c18-13(7-3-1-5-9(16(23)24)11(7)14(19)20)8-4-2-6-10(17(25)26)12(8)15(21)22/h1-6H,(H,19,20)(H,21,22). The molecule has 2 rings (SSSR count). The van der Waals surface area contributed by atoms with Crippen molar-refractivity contribution >= 4 is 29.1 Å². The van der Waals surface area contributed by atoms with Gasteiger partial charge in [-0.05, 0) is 12.1 Å². The molecule has 0 heterocycles. The van der Waals surface area contributed by atoms with Crippen molar-refractivity contribution in [3.63, 3.8) is 0 Å². The van der Waals surface area contributed by atoms with E-state index in [0.717, 1.165) is 36.4 Å². The highest BCUT2D eigenvalue weighted by atomic mass is 16.6. The molecule has 0 radical (unpaired) electrons. The van der Waals surface area contributed by atoms with Gasteiger partial charge in [0.05, 0.1) is 9.85 Å². The SMILES string of the molecule is O=C(c1cccc([N+](=O)[O-])c1C(=O)O)c1cccc([N+](=O)[O-])c1C(=O)O. The molecule has 0 spiro atoms. The third-order valence-corrected chi connectivity index (χ3v) is 3.40. The zero-order valence-corrected chi connectivity index (χ0v) is 12.6. The number of nitro benzene ring substituents is 2. The Bertz CT molecular complexity index is 904. The molecule has 2 N–H and O–H groups in total. The Morgan fingerprint density at radius 3 is 1.35 bits per heavy atom. The van der Waals surface area contributed by atoms with E-state index in [2.05, 4.69) is 0 Å². The summed E-state index contributed by atoms with van der Waals surface area (Å²) in [7, 11) is 0. The number of nitro groups is 2. The molecule has 0 aromatic heterocycles. The summed E-state index contributed by atoms with van der Waals surface area (Å²) in [4.78, 5) is 55.5. The number of carboxylic acids is 2. The number of nitrogens with zero attached hydrogens (tertiary/aromatic N) is 2. The smallest absolute Gasteiger partial charge is 0.343 e. The van der Waals surface area contributed by atoms with Crippen molar-refractivity contribution in [3.05, 3.63) is 78.9 Å². The maximum Gasteiger partial charge on any atom is 0.343 e. The number of rotatable bonds is 6. The Morgan fingerprint density at radius 2 is 1.08 bits per heavy atom. The lowest BCUT2D eigenvalue weighted by Gasteiger charge is -2.08. The Hall–Kier alpha value is -4.15. The van der Waals surface area contributed by atoms with Gasteiger partial charge in [0.2, 0.25) is 0 Å². The van der Waals surface area contributed by atoms with E-state index in [1.807, 2.05) is 0 Å². The molecule has 0 bridgehead atoms. The summed E-state index contributed by atoms with van der Waals surface area (Å²) < 4.78 is 0. The van der Waals surface area contributed by atoms with Crippen LogP contribution in [0.4, 0.5) is 11.4 Å². The van der Waals surface area contributed by atoms with Crippen LogP contribution in [0.3, 0.4) is 0 Å². The number of aromatic carboxylic acids is 2. The van der Waals surface area contributed by atoms with Crippen LogP contribution in [-0.4, -0.2) is 37.8 Å². The molecule has 26 heavy (non-hydrogen) atoms. The Labute approximate surface area is 143 Å². The van der Waals surface area contributed by atoms with E-state index in [4.69, 9.17) is 0 Å². The van der Waals surface area contributed by atoms with Crippen LogP contribution in [0.25, 0.3) is 0 Å². The zero-order valence-electron chi connectivity index (χ0n) is 12.6. The van der Waals surface area contributed by atoms with Crippen LogP contribution >= 0.6 is 0 Å². The van der Waals surface area contributed by atoms with Gasteiger partial charge in [0.25, 0.3) is 11.4 Å². The summed E-state index contributed by atoms with van der Waals surface area (Å²) in [6, 6.07) is 5.76. The maximum atomic E-state index is 12.7. The first-order valence-corrected chi connectivity index (χ1v) is 6.73. The number of carboxylic acid groups (broad SMARTS) is 2. The minimum absolute atomic E-state index is 0.658. The number of carbonyl (C=O) groups excluding carboxylic acids is 1. The molecule has 2 aromatic rings. The second kappa shape index (κ2) is 6.76. The minimum Gasteiger partial charge on any atom is -0.477 e. The summed E-state index contributed by atoms with van der Waals surface area (Å²) >= 11 is 0. The van der Waals surface area contributed by atoms with E-state index in [-0.39, 0.29) is 0 Å². The number of carbonyl (C=O) groups is 3. The van der Waals surface area contributed by atoms with Crippen LogP contribution in [0.15, 0.2) is 36.4 Å². The highest BCUT2D eigenvalue weighted by Crippen LogP contribution is 2.28. The molecule has 0 amide bonds. The van der Waals surface area contributed by atoms with Gasteiger partial charge < -0.3 is 10.2 Å². The predicted molar refractivity (Wildman–Crippen MR) is 83.5 cm³/mol. The molecule has 11 nitrogen and oxygen atoms in total. The number of benzene rings is 2.